The third-order valence-corrected chi connectivity index (χ3v) is 4.87. The molecule has 22 heavy (non-hydrogen) atoms. The molecule has 0 fully saturated rings. The van der Waals surface area contributed by atoms with Crippen LogP contribution in [0.4, 0.5) is 4.39 Å². The van der Waals surface area contributed by atoms with Crippen molar-refractivity contribution in [3.05, 3.63) is 59.4 Å². The van der Waals surface area contributed by atoms with Crippen LogP contribution in [0, 0.1) is 12.0 Å². The molecule has 1 heterocycles. The van der Waals surface area contributed by atoms with Crippen molar-refractivity contribution < 1.29 is 24.5 Å². The van der Waals surface area contributed by atoms with Crippen molar-refractivity contribution in [3.8, 4) is 0 Å². The Morgan fingerprint density at radius 1 is 1.23 bits per heavy atom. The summed E-state index contributed by atoms with van der Waals surface area (Å²) in [5.41, 5.74) is 3.40. The second-order valence-electron chi connectivity index (χ2n) is 6.55. The third-order valence-electron chi connectivity index (χ3n) is 4.87. The molecule has 1 aromatic carbocycles. The van der Waals surface area contributed by atoms with Gasteiger partial charge in [-0.25, -0.2) is 0 Å². The topological polar surface area (TPSA) is 12.9 Å². The number of nitrogens with zero attached hydrogens (tertiary/aromatic N) is 1. The molecule has 0 N–H and O–H groups in total. The van der Waals surface area contributed by atoms with Crippen LogP contribution < -0.4 is 0 Å². The Morgan fingerprint density at radius 2 is 2.00 bits per heavy atom. The van der Waals surface area contributed by atoms with E-state index in [1.807, 2.05) is 25.1 Å². The Bertz CT molecular complexity index is 814. The molecule has 0 aliphatic heterocycles. The minimum atomic E-state index is -0.971. The first-order chi connectivity index (χ1) is 10.0. The standard InChI is InChI=1S/C19H17FN.Ir/c1-11-7-8-13-16(17(11)20)19(2,3)14-6-4-5-12-9-10-21-18(13)15(12)14;/h4-7,9-11,17H,1-3H3;/q-1;. The van der Waals surface area contributed by atoms with Crippen molar-refractivity contribution in [2.24, 2.45) is 5.92 Å². The van der Waals surface area contributed by atoms with Gasteiger partial charge in [0.15, 0.2) is 0 Å². The van der Waals surface area contributed by atoms with E-state index in [9.17, 15) is 4.39 Å². The number of rotatable bonds is 0. The number of benzene rings is 1. The van der Waals surface area contributed by atoms with Gasteiger partial charge in [0.05, 0.1) is 6.17 Å². The van der Waals surface area contributed by atoms with Crippen LogP contribution in [0.5, 0.6) is 0 Å². The molecule has 2 unspecified atom stereocenters. The summed E-state index contributed by atoms with van der Waals surface area (Å²) in [6.45, 7) is 6.13. The van der Waals surface area contributed by atoms with Crippen LogP contribution in [0.3, 0.4) is 0 Å². The predicted molar refractivity (Wildman–Crippen MR) is 83.6 cm³/mol. The predicted octanol–water partition coefficient (Wildman–Crippen LogP) is 4.62. The molecule has 2 aromatic rings. The van der Waals surface area contributed by atoms with E-state index >= 15 is 0 Å². The molecule has 1 aromatic heterocycles. The smallest absolute Gasteiger partial charge is 0.0844 e. The summed E-state index contributed by atoms with van der Waals surface area (Å²) in [5, 5.41) is 2.30. The van der Waals surface area contributed by atoms with Crippen molar-refractivity contribution in [2.45, 2.75) is 32.4 Å². The van der Waals surface area contributed by atoms with Gasteiger partial charge in [-0.2, -0.15) is 11.6 Å². The maximum Gasteiger partial charge on any atom is 0.0844 e. The minimum Gasteiger partial charge on any atom is -0.320 e. The Kier molecular flexibility index (Phi) is 3.62. The third kappa shape index (κ3) is 1.89. The van der Waals surface area contributed by atoms with Gasteiger partial charge in [-0.15, -0.1) is 11.6 Å². The van der Waals surface area contributed by atoms with E-state index in [1.165, 1.54) is 5.56 Å². The fourth-order valence-electron chi connectivity index (χ4n) is 3.72. The summed E-state index contributed by atoms with van der Waals surface area (Å²) in [6, 6.07) is 8.26. The van der Waals surface area contributed by atoms with E-state index in [4.69, 9.17) is 0 Å². The largest absolute Gasteiger partial charge is 0.320 e. The van der Waals surface area contributed by atoms with Crippen LogP contribution in [-0.2, 0) is 25.5 Å². The summed E-state index contributed by atoms with van der Waals surface area (Å²) in [4.78, 5) is 4.54. The zero-order valence-corrected chi connectivity index (χ0v) is 15.2. The second-order valence-corrected chi connectivity index (χ2v) is 6.55. The first-order valence-corrected chi connectivity index (χ1v) is 7.39. The van der Waals surface area contributed by atoms with Crippen LogP contribution >= 0.6 is 0 Å². The zero-order valence-electron chi connectivity index (χ0n) is 12.8. The van der Waals surface area contributed by atoms with E-state index in [0.29, 0.717) is 0 Å². The van der Waals surface area contributed by atoms with Crippen molar-refractivity contribution in [3.63, 3.8) is 0 Å². The van der Waals surface area contributed by atoms with E-state index < -0.39 is 6.17 Å². The van der Waals surface area contributed by atoms with Crippen molar-refractivity contribution >= 4 is 16.3 Å². The fourth-order valence-corrected chi connectivity index (χ4v) is 3.72. The average molecular weight is 471 g/mol. The van der Waals surface area contributed by atoms with Crippen LogP contribution in [-0.4, -0.2) is 11.2 Å². The summed E-state index contributed by atoms with van der Waals surface area (Å²) in [5.74, 6) is -0.132. The van der Waals surface area contributed by atoms with E-state index in [-0.39, 0.29) is 31.4 Å². The van der Waals surface area contributed by atoms with Crippen molar-refractivity contribution in [2.75, 3.05) is 0 Å². The Balaban J connectivity index is 0.00000144. The number of hydrogen-bond donors (Lipinski definition) is 0. The second kappa shape index (κ2) is 5.11. The molecule has 0 bridgehead atoms. The summed E-state index contributed by atoms with van der Waals surface area (Å²) < 4.78 is 14.9. The maximum absolute atomic E-state index is 14.9. The van der Waals surface area contributed by atoms with Gasteiger partial charge in [0.1, 0.15) is 0 Å². The molecule has 0 saturated heterocycles. The minimum absolute atomic E-state index is 0. The van der Waals surface area contributed by atoms with Crippen molar-refractivity contribution in [1.29, 1.82) is 0 Å². The number of alkyl halides is 1. The van der Waals surface area contributed by atoms with Gasteiger partial charge in [0.2, 0.25) is 0 Å². The van der Waals surface area contributed by atoms with Crippen LogP contribution in [0.1, 0.15) is 32.0 Å². The zero-order chi connectivity index (χ0) is 14.8. The number of fused-ring (bicyclic) bond motifs is 1. The van der Waals surface area contributed by atoms with Crippen LogP contribution in [0.2, 0.25) is 0 Å². The van der Waals surface area contributed by atoms with Crippen LogP contribution in [0.15, 0.2) is 42.1 Å². The molecule has 2 atom stereocenters. The van der Waals surface area contributed by atoms with Gasteiger partial charge in [0.25, 0.3) is 0 Å². The van der Waals surface area contributed by atoms with Gasteiger partial charge >= 0.3 is 0 Å². The maximum atomic E-state index is 14.9. The molecular weight excluding hydrogens is 453 g/mol. The fraction of sp³-hybridized carbons (Fsp3) is 0.316. The summed E-state index contributed by atoms with van der Waals surface area (Å²) >= 11 is 0. The SMILES string of the molecule is CC1C=[C-]C2=C(C1F)C(C)(C)c1cccc3ccnc2c13.[Ir]. The number of allylic oxidation sites excluding steroid dienone is 4. The first-order valence-electron chi connectivity index (χ1n) is 7.39. The number of hydrogen-bond acceptors (Lipinski definition) is 1. The molecular formula is C19H17FIrN-. The van der Waals surface area contributed by atoms with Gasteiger partial charge in [-0.3, -0.25) is 4.39 Å². The Hall–Kier alpha value is -1.31. The van der Waals surface area contributed by atoms with Gasteiger partial charge in [-0.1, -0.05) is 44.5 Å². The molecule has 2 aliphatic carbocycles. The van der Waals surface area contributed by atoms with Crippen molar-refractivity contribution in [1.82, 2.24) is 4.98 Å². The van der Waals surface area contributed by atoms with Gasteiger partial charge in [-0.05, 0) is 33.9 Å². The van der Waals surface area contributed by atoms with E-state index in [1.54, 1.807) is 6.20 Å². The number of pyridine rings is 1. The summed E-state index contributed by atoms with van der Waals surface area (Å²) in [7, 11) is 0. The molecule has 1 radical (unpaired) electrons. The molecule has 2 aliphatic rings. The summed E-state index contributed by atoms with van der Waals surface area (Å²) in [6.07, 6.45) is 5.98. The van der Waals surface area contributed by atoms with E-state index in [2.05, 4.69) is 37.0 Å². The normalized spacial score (nSPS) is 24.9. The van der Waals surface area contributed by atoms with Gasteiger partial charge in [0, 0.05) is 26.3 Å². The molecule has 0 amide bonds. The number of halogens is 1. The molecule has 4 rings (SSSR count). The monoisotopic (exact) mass is 471 g/mol. The molecule has 0 spiro atoms. The number of aromatic nitrogens is 1. The Morgan fingerprint density at radius 3 is 2.77 bits per heavy atom. The van der Waals surface area contributed by atoms with Gasteiger partial charge < -0.3 is 4.98 Å². The average Bonchev–Trinajstić information content (AvgIpc) is 2.47. The molecule has 3 heteroatoms. The Labute approximate surface area is 143 Å². The molecule has 115 valence electrons. The van der Waals surface area contributed by atoms with Crippen LogP contribution in [0.25, 0.3) is 16.3 Å². The molecule has 1 nitrogen and oxygen atoms in total. The molecule has 0 saturated carbocycles. The quantitative estimate of drug-likeness (QED) is 0.512. The first kappa shape index (κ1) is 15.6. The van der Waals surface area contributed by atoms with E-state index in [0.717, 1.165) is 27.6 Å².